The Morgan fingerprint density at radius 2 is 1.82 bits per heavy atom. The molecule has 0 atom stereocenters. The number of nitrogens with zero attached hydrogens (tertiary/aromatic N) is 2. The average molecular weight is 299 g/mol. The van der Waals surface area contributed by atoms with E-state index in [0.717, 1.165) is 26.2 Å². The van der Waals surface area contributed by atoms with Crippen LogP contribution in [0.5, 0.6) is 0 Å². The third-order valence-electron chi connectivity index (χ3n) is 3.62. The van der Waals surface area contributed by atoms with E-state index in [1.807, 2.05) is 23.1 Å². The summed E-state index contributed by atoms with van der Waals surface area (Å²) in [6.45, 7) is 5.06. The number of hydrogen-bond donors (Lipinski definition) is 1. The third kappa shape index (κ3) is 4.52. The molecule has 1 N–H and O–H groups in total. The van der Waals surface area contributed by atoms with Gasteiger partial charge >= 0.3 is 0 Å². The third-order valence-corrected chi connectivity index (χ3v) is 3.62. The van der Waals surface area contributed by atoms with Gasteiger partial charge in [0.15, 0.2) is 0 Å². The quantitative estimate of drug-likeness (QED) is 0.839. The summed E-state index contributed by atoms with van der Waals surface area (Å²) >= 11 is 0. The maximum atomic E-state index is 12.1. The van der Waals surface area contributed by atoms with Crippen LogP contribution in [-0.2, 0) is 9.59 Å². The van der Waals surface area contributed by atoms with Crippen molar-refractivity contribution in [1.29, 1.82) is 0 Å². The first-order chi connectivity index (χ1) is 10.7. The summed E-state index contributed by atoms with van der Waals surface area (Å²) in [4.78, 5) is 27.4. The smallest absolute Gasteiger partial charge is 0.295 e. The minimum Gasteiger partial charge on any atom is -0.368 e. The predicted octanol–water partition coefficient (Wildman–Crippen LogP) is 0.865. The molecule has 0 bridgehead atoms. The lowest BCUT2D eigenvalue weighted by molar-refractivity contribution is -0.131. The molecule has 5 heteroatoms. The van der Waals surface area contributed by atoms with E-state index in [1.54, 1.807) is 6.92 Å². The molecule has 0 spiro atoms. The highest BCUT2D eigenvalue weighted by Gasteiger charge is 2.20. The highest BCUT2D eigenvalue weighted by molar-refractivity contribution is 5.93. The molecular weight excluding hydrogens is 278 g/mol. The summed E-state index contributed by atoms with van der Waals surface area (Å²) < 4.78 is 0. The van der Waals surface area contributed by atoms with Gasteiger partial charge in [-0.1, -0.05) is 24.1 Å². The van der Waals surface area contributed by atoms with E-state index >= 15 is 0 Å². The van der Waals surface area contributed by atoms with Crippen LogP contribution in [0, 0.1) is 11.8 Å². The van der Waals surface area contributed by atoms with E-state index in [9.17, 15) is 9.59 Å². The molecule has 22 heavy (non-hydrogen) atoms. The van der Waals surface area contributed by atoms with E-state index in [0.29, 0.717) is 13.0 Å². The zero-order valence-electron chi connectivity index (χ0n) is 12.8. The fraction of sp³-hybridized carbons (Fsp3) is 0.412. The number of benzene rings is 1. The van der Waals surface area contributed by atoms with Gasteiger partial charge in [-0.2, -0.15) is 0 Å². The number of rotatable bonds is 4. The molecular formula is C17H21N3O2. The van der Waals surface area contributed by atoms with Gasteiger partial charge in [0.05, 0.1) is 0 Å². The number of piperazine rings is 1. The second-order valence-electron chi connectivity index (χ2n) is 5.08. The van der Waals surface area contributed by atoms with E-state index in [4.69, 9.17) is 0 Å². The minimum absolute atomic E-state index is 0.0810. The topological polar surface area (TPSA) is 52.7 Å². The molecule has 0 aromatic heterocycles. The largest absolute Gasteiger partial charge is 0.368 e. The van der Waals surface area contributed by atoms with Gasteiger partial charge in [-0.15, -0.1) is 0 Å². The van der Waals surface area contributed by atoms with Gasteiger partial charge in [0.2, 0.25) is 5.91 Å². The van der Waals surface area contributed by atoms with Crippen molar-refractivity contribution >= 4 is 17.5 Å². The number of hydrogen-bond acceptors (Lipinski definition) is 3. The Bertz CT molecular complexity index is 567. The Morgan fingerprint density at radius 1 is 1.14 bits per heavy atom. The molecule has 1 saturated heterocycles. The molecule has 0 saturated carbocycles. The second kappa shape index (κ2) is 8.08. The highest BCUT2D eigenvalue weighted by atomic mass is 16.2. The molecule has 0 radical (unpaired) electrons. The lowest BCUT2D eigenvalue weighted by Gasteiger charge is -2.36. The van der Waals surface area contributed by atoms with E-state index < -0.39 is 0 Å². The fourth-order valence-corrected chi connectivity index (χ4v) is 2.45. The van der Waals surface area contributed by atoms with Gasteiger partial charge < -0.3 is 15.1 Å². The Labute approximate surface area is 131 Å². The molecule has 1 aliphatic heterocycles. The first kappa shape index (κ1) is 15.9. The van der Waals surface area contributed by atoms with Crippen molar-refractivity contribution in [2.24, 2.45) is 0 Å². The van der Waals surface area contributed by atoms with Crippen LogP contribution in [0.3, 0.4) is 0 Å². The molecule has 1 heterocycles. The van der Waals surface area contributed by atoms with Crippen LogP contribution < -0.4 is 10.2 Å². The van der Waals surface area contributed by atoms with Crippen LogP contribution in [0.1, 0.15) is 13.3 Å². The van der Waals surface area contributed by atoms with Gasteiger partial charge in [-0.25, -0.2) is 0 Å². The van der Waals surface area contributed by atoms with E-state index in [2.05, 4.69) is 34.2 Å². The van der Waals surface area contributed by atoms with Crippen molar-refractivity contribution in [1.82, 2.24) is 10.2 Å². The zero-order chi connectivity index (χ0) is 15.8. The fourth-order valence-electron chi connectivity index (χ4n) is 2.45. The summed E-state index contributed by atoms with van der Waals surface area (Å²) in [5.74, 6) is 4.67. The zero-order valence-corrected chi connectivity index (χ0v) is 12.8. The maximum absolute atomic E-state index is 12.1. The first-order valence-corrected chi connectivity index (χ1v) is 7.49. The summed E-state index contributed by atoms with van der Waals surface area (Å²) in [5.41, 5.74) is 1.19. The predicted molar refractivity (Wildman–Crippen MR) is 86.3 cm³/mol. The van der Waals surface area contributed by atoms with Crippen molar-refractivity contribution in [2.75, 3.05) is 37.6 Å². The molecule has 1 aliphatic rings. The van der Waals surface area contributed by atoms with Gasteiger partial charge in [0, 0.05) is 44.8 Å². The summed E-state index contributed by atoms with van der Waals surface area (Å²) in [5, 5.41) is 2.62. The van der Waals surface area contributed by atoms with Gasteiger partial charge in [0.25, 0.3) is 5.91 Å². The van der Waals surface area contributed by atoms with Crippen LogP contribution in [0.2, 0.25) is 0 Å². The van der Waals surface area contributed by atoms with E-state index in [-0.39, 0.29) is 11.8 Å². The maximum Gasteiger partial charge on any atom is 0.295 e. The van der Waals surface area contributed by atoms with Crippen LogP contribution in [0.4, 0.5) is 5.69 Å². The lowest BCUT2D eigenvalue weighted by atomic mass is 10.2. The molecule has 0 unspecified atom stereocenters. The Hall–Kier alpha value is -2.48. The number of amides is 2. The van der Waals surface area contributed by atoms with Crippen LogP contribution in [0.25, 0.3) is 0 Å². The molecule has 1 fully saturated rings. The molecule has 5 nitrogen and oxygen atoms in total. The second-order valence-corrected chi connectivity index (χ2v) is 5.08. The Morgan fingerprint density at radius 3 is 2.45 bits per heavy atom. The van der Waals surface area contributed by atoms with Crippen LogP contribution in [-0.4, -0.2) is 49.4 Å². The number of carbonyl (C=O) groups excluding carboxylic acids is 2. The molecule has 116 valence electrons. The summed E-state index contributed by atoms with van der Waals surface area (Å²) in [6, 6.07) is 10.2. The van der Waals surface area contributed by atoms with Crippen molar-refractivity contribution in [3.8, 4) is 11.8 Å². The molecule has 2 rings (SSSR count). The Balaban J connectivity index is 1.73. The minimum atomic E-state index is -0.329. The summed E-state index contributed by atoms with van der Waals surface area (Å²) in [7, 11) is 0. The van der Waals surface area contributed by atoms with Gasteiger partial charge in [-0.3, -0.25) is 9.59 Å². The molecule has 1 aromatic rings. The number of anilines is 1. The van der Waals surface area contributed by atoms with Gasteiger partial charge in [-0.05, 0) is 25.0 Å². The molecule has 2 amide bonds. The number of carbonyl (C=O) groups is 2. The Kier molecular flexibility index (Phi) is 5.84. The monoisotopic (exact) mass is 299 g/mol. The highest BCUT2D eigenvalue weighted by Crippen LogP contribution is 2.15. The lowest BCUT2D eigenvalue weighted by Crippen LogP contribution is -2.49. The van der Waals surface area contributed by atoms with Crippen molar-refractivity contribution in [2.45, 2.75) is 13.3 Å². The molecule has 1 aromatic carbocycles. The number of nitrogens with one attached hydrogen (secondary N) is 1. The van der Waals surface area contributed by atoms with Crippen molar-refractivity contribution in [3.63, 3.8) is 0 Å². The first-order valence-electron chi connectivity index (χ1n) is 7.49. The average Bonchev–Trinajstić information content (AvgIpc) is 2.56. The molecule has 0 aliphatic carbocycles. The van der Waals surface area contributed by atoms with E-state index in [1.165, 1.54) is 5.69 Å². The van der Waals surface area contributed by atoms with Crippen LogP contribution in [0.15, 0.2) is 30.3 Å². The summed E-state index contributed by atoms with van der Waals surface area (Å²) in [6.07, 6.45) is 0.322. The number of para-hydroxylation sites is 1. The van der Waals surface area contributed by atoms with Crippen LogP contribution >= 0.6 is 0 Å². The standard InChI is InChI=1S/C17H21N3O2/c1-2-6-16(21)18-10-9-17(22)20-13-11-19(12-14-20)15-7-4-3-5-8-15/h3-5,7-8H,9-14H2,1H3,(H,18,21). The van der Waals surface area contributed by atoms with Crippen molar-refractivity contribution in [3.05, 3.63) is 30.3 Å². The SMILES string of the molecule is CC#CC(=O)NCCC(=O)N1CCN(c2ccccc2)CC1. The normalized spacial score (nSPS) is 14.0. The van der Waals surface area contributed by atoms with Gasteiger partial charge in [0.1, 0.15) is 0 Å². The van der Waals surface area contributed by atoms with Crippen molar-refractivity contribution < 1.29 is 9.59 Å².